The fraction of sp³-hybridized carbons (Fsp3) is 0.550. The first kappa shape index (κ1) is 24.7. The van der Waals surface area contributed by atoms with Gasteiger partial charge in [0.25, 0.3) is 11.8 Å². The number of hydrazine groups is 1. The second kappa shape index (κ2) is 9.53. The molecule has 13 heteroatoms. The Morgan fingerprint density at radius 1 is 1.12 bits per heavy atom. The van der Waals surface area contributed by atoms with Crippen molar-refractivity contribution < 1.29 is 32.3 Å². The standard InChI is InChI=1S/C20H29N5O7S/c1-5-20(2)18(27)25(19(28)21-20)22-17(26)13-23-8-10-24(11-9-23)33(29,30)14-6-7-15(31-3)16(12-14)32-4/h6-7,12H,5,8-11,13H2,1-4H3,(H,21,28)(H,22,26). The lowest BCUT2D eigenvalue weighted by Gasteiger charge is -2.33. The van der Waals surface area contributed by atoms with Crippen LogP contribution in [0.4, 0.5) is 4.79 Å². The van der Waals surface area contributed by atoms with Gasteiger partial charge < -0.3 is 14.8 Å². The molecule has 2 aliphatic heterocycles. The average Bonchev–Trinajstić information content (AvgIpc) is 3.02. The minimum absolute atomic E-state index is 0.0792. The number of hydrogen-bond acceptors (Lipinski definition) is 8. The Morgan fingerprint density at radius 3 is 2.30 bits per heavy atom. The number of sulfonamides is 1. The molecule has 2 N–H and O–H groups in total. The Morgan fingerprint density at radius 2 is 1.76 bits per heavy atom. The van der Waals surface area contributed by atoms with E-state index in [0.29, 0.717) is 36.0 Å². The van der Waals surface area contributed by atoms with Gasteiger partial charge in [0.1, 0.15) is 5.54 Å². The van der Waals surface area contributed by atoms with Gasteiger partial charge >= 0.3 is 6.03 Å². The van der Waals surface area contributed by atoms with Crippen LogP contribution in [0.1, 0.15) is 20.3 Å². The SMILES string of the molecule is CCC1(C)NC(=O)N(NC(=O)CN2CCN(S(=O)(=O)c3ccc(OC)c(OC)c3)CC2)C1=O. The molecular formula is C20H29N5O7S. The molecule has 4 amide bonds. The van der Waals surface area contributed by atoms with E-state index in [9.17, 15) is 22.8 Å². The monoisotopic (exact) mass is 483 g/mol. The number of nitrogens with one attached hydrogen (secondary N) is 2. The Kier molecular flexibility index (Phi) is 7.14. The molecule has 0 bridgehead atoms. The van der Waals surface area contributed by atoms with Gasteiger partial charge in [-0.05, 0) is 25.5 Å². The molecular weight excluding hydrogens is 454 g/mol. The quantitative estimate of drug-likeness (QED) is 0.484. The normalized spacial score (nSPS) is 22.2. The van der Waals surface area contributed by atoms with Crippen LogP contribution in [0.15, 0.2) is 23.1 Å². The average molecular weight is 484 g/mol. The fourth-order valence-electron chi connectivity index (χ4n) is 3.64. The highest BCUT2D eigenvalue weighted by Gasteiger charge is 2.47. The van der Waals surface area contributed by atoms with Crippen molar-refractivity contribution in [2.24, 2.45) is 0 Å². The number of amides is 4. The van der Waals surface area contributed by atoms with E-state index < -0.39 is 33.4 Å². The Labute approximate surface area is 192 Å². The lowest BCUT2D eigenvalue weighted by Crippen LogP contribution is -2.54. The Bertz CT molecular complexity index is 1040. The van der Waals surface area contributed by atoms with Gasteiger partial charge in [0, 0.05) is 32.2 Å². The molecule has 0 saturated carbocycles. The van der Waals surface area contributed by atoms with E-state index in [0.717, 1.165) is 0 Å². The van der Waals surface area contributed by atoms with E-state index in [1.54, 1.807) is 18.7 Å². The van der Waals surface area contributed by atoms with Gasteiger partial charge in [-0.1, -0.05) is 6.92 Å². The number of urea groups is 1. The third-order valence-corrected chi connectivity index (χ3v) is 7.79. The van der Waals surface area contributed by atoms with Crippen LogP contribution in [0.5, 0.6) is 11.5 Å². The van der Waals surface area contributed by atoms with Crippen molar-refractivity contribution in [2.75, 3.05) is 46.9 Å². The summed E-state index contributed by atoms with van der Waals surface area (Å²) in [5.41, 5.74) is 1.29. The number of methoxy groups -OCH3 is 2. The molecule has 0 radical (unpaired) electrons. The summed E-state index contributed by atoms with van der Waals surface area (Å²) in [6.45, 7) is 4.27. The highest BCUT2D eigenvalue weighted by molar-refractivity contribution is 7.89. The summed E-state index contributed by atoms with van der Waals surface area (Å²) in [5.74, 6) is -0.311. The highest BCUT2D eigenvalue weighted by atomic mass is 32.2. The highest BCUT2D eigenvalue weighted by Crippen LogP contribution is 2.31. The maximum absolute atomic E-state index is 13.0. The van der Waals surface area contributed by atoms with Crippen molar-refractivity contribution in [2.45, 2.75) is 30.7 Å². The topological polar surface area (TPSA) is 138 Å². The Hall–Kier alpha value is -2.90. The first-order valence-corrected chi connectivity index (χ1v) is 11.9. The van der Waals surface area contributed by atoms with Gasteiger partial charge in [0.15, 0.2) is 11.5 Å². The first-order valence-electron chi connectivity index (χ1n) is 10.5. The molecule has 1 aromatic carbocycles. The summed E-state index contributed by atoms with van der Waals surface area (Å²) < 4.78 is 37.7. The summed E-state index contributed by atoms with van der Waals surface area (Å²) in [4.78, 5) is 38.7. The van der Waals surface area contributed by atoms with Crippen molar-refractivity contribution in [3.8, 4) is 11.5 Å². The molecule has 0 aliphatic carbocycles. The molecule has 2 saturated heterocycles. The van der Waals surface area contributed by atoms with Crippen LogP contribution in [0, 0.1) is 0 Å². The van der Waals surface area contributed by atoms with Gasteiger partial charge in [0.05, 0.1) is 25.7 Å². The van der Waals surface area contributed by atoms with E-state index >= 15 is 0 Å². The molecule has 2 heterocycles. The molecule has 2 fully saturated rings. The van der Waals surface area contributed by atoms with Gasteiger partial charge in [-0.3, -0.25) is 19.9 Å². The van der Waals surface area contributed by atoms with E-state index in [2.05, 4.69) is 10.7 Å². The number of ether oxygens (including phenoxy) is 2. The van der Waals surface area contributed by atoms with Gasteiger partial charge in [0.2, 0.25) is 10.0 Å². The summed E-state index contributed by atoms with van der Waals surface area (Å²) in [5, 5.41) is 3.26. The van der Waals surface area contributed by atoms with Crippen molar-refractivity contribution in [1.82, 2.24) is 25.0 Å². The number of carbonyl (C=O) groups excluding carboxylic acids is 3. The van der Waals surface area contributed by atoms with E-state index in [4.69, 9.17) is 9.47 Å². The van der Waals surface area contributed by atoms with Crippen LogP contribution in [0.25, 0.3) is 0 Å². The molecule has 182 valence electrons. The maximum atomic E-state index is 13.0. The smallest absolute Gasteiger partial charge is 0.344 e. The maximum Gasteiger partial charge on any atom is 0.344 e. The molecule has 2 aliphatic rings. The van der Waals surface area contributed by atoms with Crippen LogP contribution in [0.3, 0.4) is 0 Å². The minimum atomic E-state index is -3.76. The fourth-order valence-corrected chi connectivity index (χ4v) is 5.08. The van der Waals surface area contributed by atoms with Crippen LogP contribution >= 0.6 is 0 Å². The predicted octanol–water partition coefficient (Wildman–Crippen LogP) is -0.238. The molecule has 33 heavy (non-hydrogen) atoms. The molecule has 3 rings (SSSR count). The first-order chi connectivity index (χ1) is 15.6. The third-order valence-electron chi connectivity index (χ3n) is 5.90. The number of carbonyl (C=O) groups is 3. The number of hydrogen-bond donors (Lipinski definition) is 2. The molecule has 12 nitrogen and oxygen atoms in total. The number of rotatable bonds is 8. The summed E-state index contributed by atoms with van der Waals surface area (Å²) in [6.07, 6.45) is 0.389. The predicted molar refractivity (Wildman–Crippen MR) is 117 cm³/mol. The van der Waals surface area contributed by atoms with Crippen LogP contribution in [0.2, 0.25) is 0 Å². The van der Waals surface area contributed by atoms with E-state index in [1.807, 2.05) is 0 Å². The minimum Gasteiger partial charge on any atom is -0.493 e. The van der Waals surface area contributed by atoms with Gasteiger partial charge in [-0.2, -0.15) is 9.31 Å². The number of piperazine rings is 1. The lowest BCUT2D eigenvalue weighted by molar-refractivity contribution is -0.139. The molecule has 1 atom stereocenters. The second-order valence-electron chi connectivity index (χ2n) is 7.99. The number of benzene rings is 1. The van der Waals surface area contributed by atoms with Gasteiger partial charge in [-0.25, -0.2) is 13.2 Å². The van der Waals surface area contributed by atoms with E-state index in [1.165, 1.54) is 36.7 Å². The van der Waals surface area contributed by atoms with Crippen molar-refractivity contribution >= 4 is 27.9 Å². The van der Waals surface area contributed by atoms with Crippen LogP contribution in [-0.4, -0.2) is 93.0 Å². The van der Waals surface area contributed by atoms with Crippen molar-refractivity contribution in [3.63, 3.8) is 0 Å². The van der Waals surface area contributed by atoms with Crippen molar-refractivity contribution in [1.29, 1.82) is 0 Å². The van der Waals surface area contributed by atoms with Crippen LogP contribution < -0.4 is 20.2 Å². The number of nitrogens with zero attached hydrogens (tertiary/aromatic N) is 3. The zero-order chi connectivity index (χ0) is 24.4. The third kappa shape index (κ3) is 4.89. The summed E-state index contributed by atoms with van der Waals surface area (Å²) >= 11 is 0. The van der Waals surface area contributed by atoms with Crippen LogP contribution in [-0.2, 0) is 19.6 Å². The van der Waals surface area contributed by atoms with Gasteiger partial charge in [-0.15, -0.1) is 0 Å². The summed E-state index contributed by atoms with van der Waals surface area (Å²) in [7, 11) is -0.857. The second-order valence-corrected chi connectivity index (χ2v) is 9.93. The molecule has 0 spiro atoms. The molecule has 1 aromatic rings. The zero-order valence-corrected chi connectivity index (χ0v) is 19.9. The number of imide groups is 1. The Balaban J connectivity index is 1.57. The zero-order valence-electron chi connectivity index (χ0n) is 19.1. The van der Waals surface area contributed by atoms with Crippen molar-refractivity contribution in [3.05, 3.63) is 18.2 Å². The lowest BCUT2D eigenvalue weighted by atomic mass is 10.00. The summed E-state index contributed by atoms with van der Waals surface area (Å²) in [6, 6.07) is 3.73. The molecule has 1 unspecified atom stereocenters. The molecule has 0 aromatic heterocycles. The van der Waals surface area contributed by atoms with E-state index in [-0.39, 0.29) is 24.5 Å². The largest absolute Gasteiger partial charge is 0.493 e.